The Hall–Kier alpha value is -0.913. The Morgan fingerprint density at radius 3 is 2.50 bits per heavy atom. The molecule has 124 valence electrons. The molecule has 0 unspecified atom stereocenters. The van der Waals surface area contributed by atoms with E-state index in [-0.39, 0.29) is 5.91 Å². The second kappa shape index (κ2) is 8.65. The van der Waals surface area contributed by atoms with Crippen molar-refractivity contribution in [2.24, 2.45) is 0 Å². The first kappa shape index (κ1) is 19.1. The van der Waals surface area contributed by atoms with E-state index in [1.165, 1.54) is 6.20 Å². The highest BCUT2D eigenvalue weighted by molar-refractivity contribution is 6.76. The van der Waals surface area contributed by atoms with Crippen LogP contribution in [0.3, 0.4) is 0 Å². The van der Waals surface area contributed by atoms with E-state index in [9.17, 15) is 4.79 Å². The van der Waals surface area contributed by atoms with Gasteiger partial charge in [-0.25, -0.2) is 0 Å². The monoisotopic (exact) mass is 342 g/mol. The Morgan fingerprint density at radius 2 is 2.00 bits per heavy atom. The van der Waals surface area contributed by atoms with Crippen LogP contribution < -0.4 is 5.32 Å². The summed E-state index contributed by atoms with van der Waals surface area (Å²) in [6.07, 6.45) is 1.53. The number of halogens is 1. The van der Waals surface area contributed by atoms with Crippen molar-refractivity contribution < 1.29 is 9.22 Å². The van der Waals surface area contributed by atoms with Gasteiger partial charge in [-0.05, 0) is 29.3 Å². The fourth-order valence-electron chi connectivity index (χ4n) is 2.94. The van der Waals surface area contributed by atoms with Gasteiger partial charge in [-0.1, -0.05) is 46.2 Å². The summed E-state index contributed by atoms with van der Waals surface area (Å²) in [6.45, 7) is 12.2. The number of carbonyl (C=O) groups excluding carboxylic acids is 1. The Bertz CT molecular complexity index is 487. The van der Waals surface area contributed by atoms with Crippen LogP contribution in [0, 0.1) is 0 Å². The zero-order valence-electron chi connectivity index (χ0n) is 14.1. The molecule has 0 saturated carbocycles. The minimum Gasteiger partial charge on any atom is -0.415 e. The maximum absolute atomic E-state index is 12.0. The first-order valence-corrected chi connectivity index (χ1v) is 10.5. The standard InChI is InChI=1S/C16H27ClN2O2Si/c1-6-22(12(2)3,13(4)5)21-10-9-19-16(20)15-11-14(17)7-8-18-15/h7-8,11-13H,6,9-10H2,1-5H3,(H,19,20). The molecule has 0 bridgehead atoms. The number of hydrogen-bond donors (Lipinski definition) is 1. The smallest absolute Gasteiger partial charge is 0.270 e. The predicted octanol–water partition coefficient (Wildman–Crippen LogP) is 4.27. The topological polar surface area (TPSA) is 51.2 Å². The first-order valence-electron chi connectivity index (χ1n) is 7.87. The molecule has 0 saturated heterocycles. The fourth-order valence-corrected chi connectivity index (χ4v) is 7.42. The maximum Gasteiger partial charge on any atom is 0.270 e. The zero-order chi connectivity index (χ0) is 16.8. The van der Waals surface area contributed by atoms with Crippen molar-refractivity contribution in [2.75, 3.05) is 13.2 Å². The van der Waals surface area contributed by atoms with E-state index < -0.39 is 8.32 Å². The van der Waals surface area contributed by atoms with Crippen molar-refractivity contribution in [1.29, 1.82) is 0 Å². The Kier molecular flexibility index (Phi) is 7.52. The van der Waals surface area contributed by atoms with E-state index >= 15 is 0 Å². The molecule has 0 aromatic carbocycles. The number of nitrogens with zero attached hydrogens (tertiary/aromatic N) is 1. The van der Waals surface area contributed by atoms with Gasteiger partial charge in [0.2, 0.25) is 0 Å². The van der Waals surface area contributed by atoms with Gasteiger partial charge in [0.15, 0.2) is 8.32 Å². The summed E-state index contributed by atoms with van der Waals surface area (Å²) in [6, 6.07) is 4.30. The van der Waals surface area contributed by atoms with E-state index in [0.717, 1.165) is 6.04 Å². The largest absolute Gasteiger partial charge is 0.415 e. The van der Waals surface area contributed by atoms with Gasteiger partial charge in [-0.15, -0.1) is 0 Å². The molecule has 6 heteroatoms. The zero-order valence-corrected chi connectivity index (χ0v) is 15.9. The summed E-state index contributed by atoms with van der Waals surface area (Å²) in [7, 11) is -1.77. The fraction of sp³-hybridized carbons (Fsp3) is 0.625. The van der Waals surface area contributed by atoms with Gasteiger partial charge in [0, 0.05) is 17.8 Å². The lowest BCUT2D eigenvalue weighted by Crippen LogP contribution is -2.45. The van der Waals surface area contributed by atoms with Gasteiger partial charge in [-0.3, -0.25) is 9.78 Å². The first-order chi connectivity index (χ1) is 10.3. The molecule has 0 aliphatic carbocycles. The summed E-state index contributed by atoms with van der Waals surface area (Å²) in [4.78, 5) is 16.0. The van der Waals surface area contributed by atoms with E-state index in [2.05, 4.69) is 44.9 Å². The van der Waals surface area contributed by atoms with Crippen molar-refractivity contribution in [3.63, 3.8) is 0 Å². The lowest BCUT2D eigenvalue weighted by molar-refractivity contribution is 0.0940. The highest BCUT2D eigenvalue weighted by Crippen LogP contribution is 2.36. The Balaban J connectivity index is 2.51. The number of pyridine rings is 1. The minimum absolute atomic E-state index is 0.219. The van der Waals surface area contributed by atoms with Crippen LogP contribution in [0.4, 0.5) is 0 Å². The van der Waals surface area contributed by atoms with Gasteiger partial charge < -0.3 is 9.74 Å². The molecule has 0 aliphatic heterocycles. The summed E-state index contributed by atoms with van der Waals surface area (Å²) < 4.78 is 6.29. The third kappa shape index (κ3) is 4.79. The predicted molar refractivity (Wildman–Crippen MR) is 94.0 cm³/mol. The number of carbonyl (C=O) groups is 1. The average molecular weight is 343 g/mol. The van der Waals surface area contributed by atoms with Gasteiger partial charge in [-0.2, -0.15) is 0 Å². The highest BCUT2D eigenvalue weighted by Gasteiger charge is 2.39. The Morgan fingerprint density at radius 1 is 1.36 bits per heavy atom. The number of aromatic nitrogens is 1. The minimum atomic E-state index is -1.77. The van der Waals surface area contributed by atoms with E-state index in [1.807, 2.05) is 0 Å². The number of nitrogens with one attached hydrogen (secondary N) is 1. The molecule has 1 amide bonds. The van der Waals surface area contributed by atoms with Crippen molar-refractivity contribution in [1.82, 2.24) is 10.3 Å². The Labute approximate surface area is 139 Å². The SMILES string of the molecule is CC[Si](OCCNC(=O)c1cc(Cl)ccn1)(C(C)C)C(C)C. The van der Waals surface area contributed by atoms with Gasteiger partial charge in [0.1, 0.15) is 5.69 Å². The quantitative estimate of drug-likeness (QED) is 0.567. The second-order valence-corrected chi connectivity index (χ2v) is 11.7. The van der Waals surface area contributed by atoms with E-state index in [1.54, 1.807) is 12.1 Å². The van der Waals surface area contributed by atoms with Crippen molar-refractivity contribution >= 4 is 25.8 Å². The van der Waals surface area contributed by atoms with Crippen LogP contribution in [0.15, 0.2) is 18.3 Å². The molecule has 0 radical (unpaired) electrons. The summed E-state index contributed by atoms with van der Waals surface area (Å²) in [5, 5.41) is 3.35. The molecule has 0 atom stereocenters. The molecular formula is C16H27ClN2O2Si. The molecule has 22 heavy (non-hydrogen) atoms. The lowest BCUT2D eigenvalue weighted by atomic mass is 10.3. The number of amides is 1. The van der Waals surface area contributed by atoms with Gasteiger partial charge >= 0.3 is 0 Å². The van der Waals surface area contributed by atoms with E-state index in [0.29, 0.717) is 35.0 Å². The van der Waals surface area contributed by atoms with Crippen molar-refractivity contribution in [3.8, 4) is 0 Å². The van der Waals surface area contributed by atoms with Crippen LogP contribution in [0.2, 0.25) is 22.1 Å². The molecule has 4 nitrogen and oxygen atoms in total. The number of rotatable bonds is 8. The molecule has 0 aliphatic rings. The van der Waals surface area contributed by atoms with Crippen LogP contribution >= 0.6 is 11.6 Å². The van der Waals surface area contributed by atoms with Crippen molar-refractivity contribution in [3.05, 3.63) is 29.0 Å². The molecular weight excluding hydrogens is 316 g/mol. The third-order valence-corrected chi connectivity index (χ3v) is 10.2. The molecule has 1 N–H and O–H groups in total. The van der Waals surface area contributed by atoms with Crippen LogP contribution in [0.25, 0.3) is 0 Å². The van der Waals surface area contributed by atoms with Crippen LogP contribution in [-0.4, -0.2) is 32.4 Å². The van der Waals surface area contributed by atoms with Crippen LogP contribution in [0.5, 0.6) is 0 Å². The molecule has 0 spiro atoms. The maximum atomic E-state index is 12.0. The summed E-state index contributed by atoms with van der Waals surface area (Å²) >= 11 is 5.86. The summed E-state index contributed by atoms with van der Waals surface area (Å²) in [5.74, 6) is -0.219. The second-order valence-electron chi connectivity index (χ2n) is 6.08. The van der Waals surface area contributed by atoms with Crippen LogP contribution in [-0.2, 0) is 4.43 Å². The van der Waals surface area contributed by atoms with E-state index in [4.69, 9.17) is 16.0 Å². The summed E-state index contributed by atoms with van der Waals surface area (Å²) in [5.41, 5.74) is 1.45. The highest BCUT2D eigenvalue weighted by atomic mass is 35.5. The normalized spacial score (nSPS) is 12.0. The number of hydrogen-bond acceptors (Lipinski definition) is 3. The molecule has 1 aromatic heterocycles. The molecule has 0 fully saturated rings. The molecule has 1 heterocycles. The third-order valence-electron chi connectivity index (χ3n) is 4.22. The lowest BCUT2D eigenvalue weighted by Gasteiger charge is -2.38. The average Bonchev–Trinajstić information content (AvgIpc) is 2.46. The van der Waals surface area contributed by atoms with Crippen LogP contribution in [0.1, 0.15) is 45.1 Å². The van der Waals surface area contributed by atoms with Crippen molar-refractivity contribution in [2.45, 2.75) is 51.7 Å². The van der Waals surface area contributed by atoms with Gasteiger partial charge in [0.05, 0.1) is 6.61 Å². The van der Waals surface area contributed by atoms with Gasteiger partial charge in [0.25, 0.3) is 5.91 Å². The molecule has 1 aromatic rings. The molecule has 1 rings (SSSR count).